The van der Waals surface area contributed by atoms with Crippen molar-refractivity contribution >= 4 is 33.9 Å². The monoisotopic (exact) mass is 311 g/mol. The summed E-state index contributed by atoms with van der Waals surface area (Å²) in [5.41, 5.74) is 6.53. The topological polar surface area (TPSA) is 93.4 Å². The fourth-order valence-corrected chi connectivity index (χ4v) is 3.59. The van der Waals surface area contributed by atoms with Crippen molar-refractivity contribution in [2.24, 2.45) is 0 Å². The predicted molar refractivity (Wildman–Crippen MR) is 84.0 cm³/mol. The van der Waals surface area contributed by atoms with Crippen LogP contribution in [0.15, 0.2) is 0 Å². The third-order valence-electron chi connectivity index (χ3n) is 3.55. The molecule has 1 fully saturated rings. The maximum absolute atomic E-state index is 12.0. The second-order valence-electron chi connectivity index (χ2n) is 4.97. The molecule has 4 N–H and O–H groups in total. The van der Waals surface area contributed by atoms with Crippen LogP contribution in [-0.2, 0) is 4.74 Å². The first-order valence-electron chi connectivity index (χ1n) is 7.16. The number of rotatable bonds is 5. The number of esters is 1. The van der Waals surface area contributed by atoms with Gasteiger partial charge in [-0.25, -0.2) is 4.79 Å². The van der Waals surface area contributed by atoms with E-state index in [9.17, 15) is 9.59 Å². The van der Waals surface area contributed by atoms with E-state index in [1.54, 1.807) is 14.0 Å². The van der Waals surface area contributed by atoms with E-state index in [0.717, 1.165) is 12.8 Å². The molecule has 1 saturated carbocycles. The summed E-state index contributed by atoms with van der Waals surface area (Å²) < 4.78 is 4.99. The summed E-state index contributed by atoms with van der Waals surface area (Å²) in [4.78, 5) is 24.3. The van der Waals surface area contributed by atoms with Crippen LogP contribution in [0.5, 0.6) is 0 Å². The van der Waals surface area contributed by atoms with Crippen molar-refractivity contribution in [2.45, 2.75) is 38.6 Å². The number of thiophene rings is 1. The van der Waals surface area contributed by atoms with Gasteiger partial charge in [-0.2, -0.15) is 0 Å². The highest BCUT2D eigenvalue weighted by molar-refractivity contribution is 7.19. The van der Waals surface area contributed by atoms with Gasteiger partial charge in [0.05, 0.1) is 17.9 Å². The average Bonchev–Trinajstić information content (AvgIpc) is 3.07. The molecule has 0 spiro atoms. The van der Waals surface area contributed by atoms with Crippen LogP contribution in [0.3, 0.4) is 0 Å². The van der Waals surface area contributed by atoms with Gasteiger partial charge in [-0.1, -0.05) is 12.8 Å². The summed E-state index contributed by atoms with van der Waals surface area (Å²) >= 11 is 1.19. The van der Waals surface area contributed by atoms with Gasteiger partial charge in [0.1, 0.15) is 9.88 Å². The Balaban J connectivity index is 2.34. The van der Waals surface area contributed by atoms with E-state index in [1.807, 2.05) is 0 Å². The first kappa shape index (κ1) is 15.6. The number of nitrogens with two attached hydrogens (primary N) is 1. The molecule has 1 aromatic heterocycles. The molecular formula is C14H21N3O3S. The van der Waals surface area contributed by atoms with Crippen molar-refractivity contribution in [2.75, 3.05) is 24.7 Å². The molecule has 1 heterocycles. The van der Waals surface area contributed by atoms with Crippen LogP contribution in [0.25, 0.3) is 0 Å². The Morgan fingerprint density at radius 2 is 2.05 bits per heavy atom. The Morgan fingerprint density at radius 3 is 2.62 bits per heavy atom. The summed E-state index contributed by atoms with van der Waals surface area (Å²) in [7, 11) is 1.54. The SMILES string of the molecule is CCOC(=O)c1sc(NC2CCCC2)c(C(=O)NC)c1N. The highest BCUT2D eigenvalue weighted by atomic mass is 32.1. The molecule has 0 radical (unpaired) electrons. The average molecular weight is 311 g/mol. The van der Waals surface area contributed by atoms with Crippen LogP contribution in [0.4, 0.5) is 10.7 Å². The maximum atomic E-state index is 12.0. The minimum absolute atomic E-state index is 0.193. The van der Waals surface area contributed by atoms with Crippen LogP contribution >= 0.6 is 11.3 Å². The predicted octanol–water partition coefficient (Wildman–Crippen LogP) is 2.22. The van der Waals surface area contributed by atoms with Gasteiger partial charge >= 0.3 is 5.97 Å². The van der Waals surface area contributed by atoms with E-state index < -0.39 is 5.97 Å². The molecule has 1 aliphatic rings. The van der Waals surface area contributed by atoms with E-state index in [0.29, 0.717) is 16.6 Å². The number of carbonyl (C=O) groups excluding carboxylic acids is 2. The molecule has 0 unspecified atom stereocenters. The Bertz CT molecular complexity index is 536. The van der Waals surface area contributed by atoms with E-state index in [2.05, 4.69) is 10.6 Å². The molecular weight excluding hydrogens is 290 g/mol. The van der Waals surface area contributed by atoms with E-state index in [-0.39, 0.29) is 23.1 Å². The van der Waals surface area contributed by atoms with Gasteiger partial charge in [-0.3, -0.25) is 4.79 Å². The number of nitrogens with one attached hydrogen (secondary N) is 2. The first-order chi connectivity index (χ1) is 10.1. The molecule has 2 rings (SSSR count). The molecule has 1 amide bonds. The van der Waals surface area contributed by atoms with Crippen molar-refractivity contribution in [1.82, 2.24) is 5.32 Å². The summed E-state index contributed by atoms with van der Waals surface area (Å²) in [6.07, 6.45) is 4.50. The van der Waals surface area contributed by atoms with Gasteiger partial charge in [0, 0.05) is 13.1 Å². The van der Waals surface area contributed by atoms with Crippen LogP contribution in [0.2, 0.25) is 0 Å². The lowest BCUT2D eigenvalue weighted by atomic mass is 10.2. The van der Waals surface area contributed by atoms with Crippen LogP contribution in [0.1, 0.15) is 52.6 Å². The number of carbonyl (C=O) groups is 2. The molecule has 0 bridgehead atoms. The number of nitrogen functional groups attached to an aromatic ring is 1. The molecule has 7 heteroatoms. The minimum atomic E-state index is -0.482. The van der Waals surface area contributed by atoms with Gasteiger partial charge in [-0.15, -0.1) is 11.3 Å². The molecule has 116 valence electrons. The molecule has 6 nitrogen and oxygen atoms in total. The first-order valence-corrected chi connectivity index (χ1v) is 7.98. The standard InChI is InChI=1S/C14H21N3O3S/c1-3-20-14(19)11-10(15)9(12(18)16-2)13(21-11)17-8-6-4-5-7-8/h8,17H,3-7,15H2,1-2H3,(H,16,18). The third kappa shape index (κ3) is 3.29. The van der Waals surface area contributed by atoms with Crippen LogP contribution in [0, 0.1) is 0 Å². The zero-order valence-electron chi connectivity index (χ0n) is 12.3. The quantitative estimate of drug-likeness (QED) is 0.725. The lowest BCUT2D eigenvalue weighted by molar-refractivity contribution is 0.0533. The zero-order chi connectivity index (χ0) is 15.4. The second kappa shape index (κ2) is 6.80. The summed E-state index contributed by atoms with van der Waals surface area (Å²) in [6.45, 7) is 2.01. The third-order valence-corrected chi connectivity index (χ3v) is 4.67. The number of anilines is 2. The Kier molecular flexibility index (Phi) is 5.06. The summed E-state index contributed by atoms with van der Waals surface area (Å²) in [6, 6.07) is 0.335. The molecule has 0 atom stereocenters. The van der Waals surface area contributed by atoms with Crippen LogP contribution < -0.4 is 16.4 Å². The van der Waals surface area contributed by atoms with E-state index >= 15 is 0 Å². The molecule has 1 aromatic rings. The summed E-state index contributed by atoms with van der Waals surface area (Å²) in [5, 5.41) is 6.57. The van der Waals surface area contributed by atoms with Crippen molar-refractivity contribution in [3.05, 3.63) is 10.4 Å². The van der Waals surface area contributed by atoms with Gasteiger partial charge in [-0.05, 0) is 19.8 Å². The molecule has 0 saturated heterocycles. The molecule has 0 aromatic carbocycles. The Morgan fingerprint density at radius 1 is 1.38 bits per heavy atom. The van der Waals surface area contributed by atoms with Crippen molar-refractivity contribution in [3.8, 4) is 0 Å². The lowest BCUT2D eigenvalue weighted by Gasteiger charge is -2.13. The Hall–Kier alpha value is -1.76. The smallest absolute Gasteiger partial charge is 0.350 e. The molecule has 1 aliphatic carbocycles. The summed E-state index contributed by atoms with van der Waals surface area (Å²) in [5.74, 6) is -0.774. The number of ether oxygens (including phenoxy) is 1. The molecule has 0 aliphatic heterocycles. The Labute approximate surface area is 128 Å². The number of hydrogen-bond acceptors (Lipinski definition) is 6. The van der Waals surface area contributed by atoms with Gasteiger partial charge in [0.25, 0.3) is 5.91 Å². The van der Waals surface area contributed by atoms with Crippen molar-refractivity contribution < 1.29 is 14.3 Å². The van der Waals surface area contributed by atoms with E-state index in [4.69, 9.17) is 10.5 Å². The number of hydrogen-bond donors (Lipinski definition) is 3. The number of amides is 1. The highest BCUT2D eigenvalue weighted by Crippen LogP contribution is 2.38. The molecule has 21 heavy (non-hydrogen) atoms. The van der Waals surface area contributed by atoms with Gasteiger partial charge < -0.3 is 21.1 Å². The van der Waals surface area contributed by atoms with Crippen molar-refractivity contribution in [1.29, 1.82) is 0 Å². The second-order valence-corrected chi connectivity index (χ2v) is 5.99. The van der Waals surface area contributed by atoms with Gasteiger partial charge in [0.15, 0.2) is 0 Å². The lowest BCUT2D eigenvalue weighted by Crippen LogP contribution is -2.22. The fraction of sp³-hybridized carbons (Fsp3) is 0.571. The largest absolute Gasteiger partial charge is 0.462 e. The minimum Gasteiger partial charge on any atom is -0.462 e. The fourth-order valence-electron chi connectivity index (χ4n) is 2.50. The van der Waals surface area contributed by atoms with Gasteiger partial charge in [0.2, 0.25) is 0 Å². The van der Waals surface area contributed by atoms with Crippen molar-refractivity contribution in [3.63, 3.8) is 0 Å². The normalized spacial score (nSPS) is 15.0. The van der Waals surface area contributed by atoms with Crippen LogP contribution in [-0.4, -0.2) is 31.6 Å². The van der Waals surface area contributed by atoms with E-state index in [1.165, 1.54) is 24.2 Å². The maximum Gasteiger partial charge on any atom is 0.350 e. The zero-order valence-corrected chi connectivity index (χ0v) is 13.1. The highest BCUT2D eigenvalue weighted by Gasteiger charge is 2.27.